The van der Waals surface area contributed by atoms with Crippen LogP contribution >= 0.6 is 0 Å². The predicted molar refractivity (Wildman–Crippen MR) is 72.8 cm³/mol. The Labute approximate surface area is 112 Å². The van der Waals surface area contributed by atoms with Gasteiger partial charge in [0.15, 0.2) is 0 Å². The molecule has 19 heavy (non-hydrogen) atoms. The van der Waals surface area contributed by atoms with E-state index in [9.17, 15) is 9.18 Å². The quantitative estimate of drug-likeness (QED) is 0.803. The van der Waals surface area contributed by atoms with Crippen LogP contribution in [0.25, 0.3) is 0 Å². The van der Waals surface area contributed by atoms with Gasteiger partial charge in [-0.15, -0.1) is 0 Å². The summed E-state index contributed by atoms with van der Waals surface area (Å²) in [5, 5.41) is 11.5. The Morgan fingerprint density at radius 2 is 2.16 bits per heavy atom. The molecule has 0 unspecified atom stereocenters. The van der Waals surface area contributed by atoms with Crippen LogP contribution in [0.4, 0.5) is 15.8 Å². The maximum atomic E-state index is 13.2. The average molecular weight is 266 g/mol. The van der Waals surface area contributed by atoms with Gasteiger partial charge in [0.25, 0.3) is 0 Å². The van der Waals surface area contributed by atoms with Crippen molar-refractivity contribution in [2.75, 3.05) is 29.9 Å². The summed E-state index contributed by atoms with van der Waals surface area (Å²) < 4.78 is 13.2. The molecule has 0 atom stereocenters. The number of carbonyl (C=O) groups is 1. The Bertz CT molecular complexity index is 451. The second-order valence-electron chi connectivity index (χ2n) is 4.73. The van der Waals surface area contributed by atoms with E-state index in [1.807, 2.05) is 0 Å². The fourth-order valence-corrected chi connectivity index (χ4v) is 2.28. The number of unbranched alkanes of at least 4 members (excludes halogenated alkanes) is 2. The zero-order valence-electron chi connectivity index (χ0n) is 10.9. The number of nitrogens with zero attached hydrogens (tertiary/aromatic N) is 1. The summed E-state index contributed by atoms with van der Waals surface area (Å²) in [4.78, 5) is 13.7. The largest absolute Gasteiger partial charge is 0.396 e. The second kappa shape index (κ2) is 6.52. The third-order valence-electron chi connectivity index (χ3n) is 3.27. The van der Waals surface area contributed by atoms with E-state index in [-0.39, 0.29) is 18.3 Å². The summed E-state index contributed by atoms with van der Waals surface area (Å²) in [5.74, 6) is -0.425. The first-order chi connectivity index (χ1) is 9.20. The van der Waals surface area contributed by atoms with Crippen molar-refractivity contribution in [1.29, 1.82) is 0 Å². The standard InChI is InChI=1S/C14H19FN2O2/c15-11-4-5-13-12(10-11)16-14(19)6-8-17(13)7-2-1-3-9-18/h4-5,10,18H,1-3,6-9H2,(H,16,19). The van der Waals surface area contributed by atoms with Crippen molar-refractivity contribution in [1.82, 2.24) is 0 Å². The molecule has 1 heterocycles. The molecule has 0 spiro atoms. The number of fused-ring (bicyclic) bond motifs is 1. The number of amides is 1. The first kappa shape index (κ1) is 13.8. The molecular formula is C14H19FN2O2. The molecule has 5 heteroatoms. The molecule has 1 aliphatic heterocycles. The molecule has 0 fully saturated rings. The molecule has 0 saturated carbocycles. The van der Waals surface area contributed by atoms with Crippen LogP contribution in [0, 0.1) is 5.82 Å². The van der Waals surface area contributed by atoms with Crippen LogP contribution in [0.3, 0.4) is 0 Å². The predicted octanol–water partition coefficient (Wildman–Crippen LogP) is 2.14. The van der Waals surface area contributed by atoms with Gasteiger partial charge >= 0.3 is 0 Å². The zero-order chi connectivity index (χ0) is 13.7. The number of anilines is 2. The topological polar surface area (TPSA) is 52.6 Å². The Balaban J connectivity index is 2.10. The third kappa shape index (κ3) is 3.67. The monoisotopic (exact) mass is 266 g/mol. The first-order valence-electron chi connectivity index (χ1n) is 6.66. The number of aliphatic hydroxyl groups excluding tert-OH is 1. The Hall–Kier alpha value is -1.62. The lowest BCUT2D eigenvalue weighted by Crippen LogP contribution is -2.25. The summed E-state index contributed by atoms with van der Waals surface area (Å²) in [7, 11) is 0. The van der Waals surface area contributed by atoms with E-state index in [0.717, 1.165) is 31.5 Å². The maximum Gasteiger partial charge on any atom is 0.226 e. The molecule has 0 saturated heterocycles. The van der Waals surface area contributed by atoms with E-state index < -0.39 is 0 Å². The van der Waals surface area contributed by atoms with Crippen molar-refractivity contribution in [3.05, 3.63) is 24.0 Å². The minimum absolute atomic E-state index is 0.0790. The number of hydrogen-bond donors (Lipinski definition) is 2. The Kier molecular flexibility index (Phi) is 4.74. The fraction of sp³-hybridized carbons (Fsp3) is 0.500. The smallest absolute Gasteiger partial charge is 0.226 e. The molecule has 0 radical (unpaired) electrons. The van der Waals surface area contributed by atoms with Gasteiger partial charge in [0.05, 0.1) is 11.4 Å². The molecule has 1 amide bonds. The van der Waals surface area contributed by atoms with Gasteiger partial charge in [0.2, 0.25) is 5.91 Å². The summed E-state index contributed by atoms with van der Waals surface area (Å²) >= 11 is 0. The van der Waals surface area contributed by atoms with Crippen molar-refractivity contribution in [2.24, 2.45) is 0 Å². The van der Waals surface area contributed by atoms with E-state index >= 15 is 0 Å². The molecular weight excluding hydrogens is 247 g/mol. The van der Waals surface area contributed by atoms with Crippen LogP contribution in [-0.4, -0.2) is 30.7 Å². The highest BCUT2D eigenvalue weighted by molar-refractivity contribution is 5.96. The number of carbonyl (C=O) groups excluding carboxylic acids is 1. The highest BCUT2D eigenvalue weighted by Gasteiger charge is 2.19. The van der Waals surface area contributed by atoms with Crippen molar-refractivity contribution in [2.45, 2.75) is 25.7 Å². The van der Waals surface area contributed by atoms with Gasteiger partial charge in [-0.25, -0.2) is 4.39 Å². The summed E-state index contributed by atoms with van der Waals surface area (Å²) in [6, 6.07) is 4.48. The van der Waals surface area contributed by atoms with Crippen molar-refractivity contribution >= 4 is 17.3 Å². The van der Waals surface area contributed by atoms with E-state index in [2.05, 4.69) is 10.2 Å². The third-order valence-corrected chi connectivity index (χ3v) is 3.27. The summed E-state index contributed by atoms with van der Waals surface area (Å²) in [5.41, 5.74) is 1.42. The molecule has 2 rings (SSSR count). The summed E-state index contributed by atoms with van der Waals surface area (Å²) in [6.45, 7) is 1.67. The van der Waals surface area contributed by atoms with Crippen LogP contribution in [0.5, 0.6) is 0 Å². The maximum absolute atomic E-state index is 13.2. The van der Waals surface area contributed by atoms with Crippen LogP contribution in [0.2, 0.25) is 0 Å². The average Bonchev–Trinajstić information content (AvgIpc) is 2.53. The lowest BCUT2D eigenvalue weighted by atomic mass is 10.2. The Morgan fingerprint density at radius 3 is 2.95 bits per heavy atom. The first-order valence-corrected chi connectivity index (χ1v) is 6.66. The van der Waals surface area contributed by atoms with Crippen LogP contribution < -0.4 is 10.2 Å². The highest BCUT2D eigenvalue weighted by atomic mass is 19.1. The van der Waals surface area contributed by atoms with Gasteiger partial charge < -0.3 is 15.3 Å². The zero-order valence-corrected chi connectivity index (χ0v) is 10.9. The Morgan fingerprint density at radius 1 is 1.32 bits per heavy atom. The second-order valence-corrected chi connectivity index (χ2v) is 4.73. The van der Waals surface area contributed by atoms with Gasteiger partial charge in [0.1, 0.15) is 5.82 Å². The SMILES string of the molecule is O=C1CCN(CCCCCO)c2ccc(F)cc2N1. The minimum atomic E-state index is -0.346. The van der Waals surface area contributed by atoms with Gasteiger partial charge in [-0.05, 0) is 37.5 Å². The number of halogens is 1. The number of aliphatic hydroxyl groups is 1. The number of hydrogen-bond acceptors (Lipinski definition) is 3. The van der Waals surface area contributed by atoms with Crippen molar-refractivity contribution in [3.63, 3.8) is 0 Å². The number of rotatable bonds is 5. The fourth-order valence-electron chi connectivity index (χ4n) is 2.28. The molecule has 1 aromatic carbocycles. The van der Waals surface area contributed by atoms with Crippen molar-refractivity contribution < 1.29 is 14.3 Å². The van der Waals surface area contributed by atoms with E-state index in [0.29, 0.717) is 18.7 Å². The van der Waals surface area contributed by atoms with Crippen LogP contribution in [0.1, 0.15) is 25.7 Å². The van der Waals surface area contributed by atoms with Gasteiger partial charge in [0, 0.05) is 26.1 Å². The van der Waals surface area contributed by atoms with Crippen LogP contribution in [-0.2, 0) is 4.79 Å². The number of nitrogens with one attached hydrogen (secondary N) is 1. The molecule has 0 bridgehead atoms. The molecule has 0 aromatic heterocycles. The highest BCUT2D eigenvalue weighted by Crippen LogP contribution is 2.29. The molecule has 0 aliphatic carbocycles. The lowest BCUT2D eigenvalue weighted by molar-refractivity contribution is -0.115. The molecule has 1 aromatic rings. The van der Waals surface area contributed by atoms with Gasteiger partial charge in [-0.2, -0.15) is 0 Å². The van der Waals surface area contributed by atoms with Gasteiger partial charge in [-0.1, -0.05) is 0 Å². The van der Waals surface area contributed by atoms with E-state index in [1.165, 1.54) is 12.1 Å². The summed E-state index contributed by atoms with van der Waals surface area (Å²) in [6.07, 6.45) is 3.11. The molecule has 104 valence electrons. The molecule has 1 aliphatic rings. The van der Waals surface area contributed by atoms with E-state index in [1.54, 1.807) is 6.07 Å². The molecule has 2 N–H and O–H groups in total. The van der Waals surface area contributed by atoms with Crippen molar-refractivity contribution in [3.8, 4) is 0 Å². The van der Waals surface area contributed by atoms with E-state index in [4.69, 9.17) is 5.11 Å². The lowest BCUT2D eigenvalue weighted by Gasteiger charge is -2.24. The minimum Gasteiger partial charge on any atom is -0.396 e. The normalized spacial score (nSPS) is 14.8. The number of benzene rings is 1. The van der Waals surface area contributed by atoms with Gasteiger partial charge in [-0.3, -0.25) is 4.79 Å². The molecule has 4 nitrogen and oxygen atoms in total. The van der Waals surface area contributed by atoms with Crippen LogP contribution in [0.15, 0.2) is 18.2 Å².